The number of hydrogen-bond donors (Lipinski definition) is 2. The number of fused-ring (bicyclic) bond motifs is 1. The number of aromatic nitrogens is 3. The van der Waals surface area contributed by atoms with Gasteiger partial charge < -0.3 is 4.42 Å². The Hall–Kier alpha value is -2.70. The fraction of sp³-hybridized carbons (Fsp3) is 0.368. The number of H-pyrrole nitrogens is 1. The Morgan fingerprint density at radius 3 is 2.68 bits per heavy atom. The van der Waals surface area contributed by atoms with Crippen molar-refractivity contribution >= 4 is 44.3 Å². The van der Waals surface area contributed by atoms with Gasteiger partial charge in [-0.3, -0.25) is 14.9 Å². The second-order valence-corrected chi connectivity index (χ2v) is 10.1. The van der Waals surface area contributed by atoms with E-state index in [0.29, 0.717) is 35.0 Å². The number of hydrogen-bond acceptors (Lipinski definition) is 8. The van der Waals surface area contributed by atoms with Crippen molar-refractivity contribution < 1.29 is 17.6 Å². The summed E-state index contributed by atoms with van der Waals surface area (Å²) in [6.45, 7) is 4.49. The molecule has 1 amide bonds. The molecule has 164 valence electrons. The van der Waals surface area contributed by atoms with E-state index in [1.165, 1.54) is 16.6 Å². The van der Waals surface area contributed by atoms with Gasteiger partial charge in [0.05, 0.1) is 21.9 Å². The summed E-state index contributed by atoms with van der Waals surface area (Å²) in [5.41, 5.74) is 0.149. The first-order chi connectivity index (χ1) is 14.8. The molecule has 0 saturated carbocycles. The topological polar surface area (TPSA) is 138 Å². The average molecular weight is 464 g/mol. The Balaban J connectivity index is 1.42. The molecule has 1 aliphatic heterocycles. The molecule has 1 fully saturated rings. The molecule has 4 heterocycles. The van der Waals surface area contributed by atoms with Gasteiger partial charge in [0, 0.05) is 19.3 Å². The number of pyridine rings is 1. The third-order valence-corrected chi connectivity index (χ3v) is 7.84. The van der Waals surface area contributed by atoms with Crippen molar-refractivity contribution in [3.63, 3.8) is 0 Å². The number of amides is 1. The van der Waals surface area contributed by atoms with Gasteiger partial charge in [0.1, 0.15) is 16.0 Å². The number of aryl methyl sites for hydroxylation is 2. The molecule has 2 N–H and O–H groups in total. The largest absolute Gasteiger partial charge is 0.444 e. The lowest BCUT2D eigenvalue weighted by atomic mass is 10.2. The van der Waals surface area contributed by atoms with E-state index in [9.17, 15) is 18.0 Å². The molecule has 0 aliphatic carbocycles. The Morgan fingerprint density at radius 1 is 1.26 bits per heavy atom. The van der Waals surface area contributed by atoms with Crippen LogP contribution in [0, 0.1) is 13.8 Å². The van der Waals surface area contributed by atoms with Gasteiger partial charge in [-0.2, -0.15) is 9.40 Å². The molecule has 0 aromatic carbocycles. The molecule has 10 nitrogen and oxygen atoms in total. The summed E-state index contributed by atoms with van der Waals surface area (Å²) in [6, 6.07) is 3.08. The normalized spacial score (nSPS) is 14.9. The number of thioether (sulfide) groups is 1. The fourth-order valence-corrected chi connectivity index (χ4v) is 5.62. The van der Waals surface area contributed by atoms with Crippen LogP contribution < -0.4 is 10.9 Å². The van der Waals surface area contributed by atoms with Crippen molar-refractivity contribution in [2.24, 2.45) is 0 Å². The summed E-state index contributed by atoms with van der Waals surface area (Å²) in [6.07, 6.45) is 3.04. The predicted octanol–water partition coefficient (Wildman–Crippen LogP) is 2.04. The van der Waals surface area contributed by atoms with Crippen molar-refractivity contribution in [2.45, 2.75) is 36.6 Å². The molecule has 1 aliphatic rings. The van der Waals surface area contributed by atoms with Gasteiger partial charge in [-0.05, 0) is 38.8 Å². The van der Waals surface area contributed by atoms with Crippen molar-refractivity contribution in [2.75, 3.05) is 24.2 Å². The Morgan fingerprint density at radius 2 is 2.00 bits per heavy atom. The summed E-state index contributed by atoms with van der Waals surface area (Å²) < 4.78 is 32.1. The summed E-state index contributed by atoms with van der Waals surface area (Å²) in [5.74, 6) is 0.189. The summed E-state index contributed by atoms with van der Waals surface area (Å²) >= 11 is 1.15. The molecule has 0 radical (unpaired) electrons. The van der Waals surface area contributed by atoms with E-state index in [4.69, 9.17) is 4.42 Å². The first-order valence-corrected chi connectivity index (χ1v) is 12.1. The Bertz CT molecular complexity index is 1290. The molecule has 3 aromatic heterocycles. The molecular weight excluding hydrogens is 442 g/mol. The highest BCUT2D eigenvalue weighted by Crippen LogP contribution is 2.29. The van der Waals surface area contributed by atoms with Crippen LogP contribution >= 0.6 is 11.8 Å². The maximum atomic E-state index is 12.5. The summed E-state index contributed by atoms with van der Waals surface area (Å²) in [4.78, 5) is 28.8. The van der Waals surface area contributed by atoms with Crippen LogP contribution in [0.25, 0.3) is 10.8 Å². The molecule has 1 saturated heterocycles. The highest BCUT2D eigenvalue weighted by molar-refractivity contribution is 7.99. The van der Waals surface area contributed by atoms with E-state index in [1.807, 2.05) is 0 Å². The van der Waals surface area contributed by atoms with E-state index in [0.717, 1.165) is 24.6 Å². The van der Waals surface area contributed by atoms with Crippen LogP contribution in [0.2, 0.25) is 0 Å². The first kappa shape index (κ1) is 21.5. The molecule has 0 bridgehead atoms. The number of carbonyl (C=O) groups is 1. The van der Waals surface area contributed by atoms with Gasteiger partial charge in [0.25, 0.3) is 5.56 Å². The maximum Gasteiger partial charge on any atom is 0.277 e. The number of nitrogens with one attached hydrogen (secondary N) is 2. The number of aromatic amines is 1. The van der Waals surface area contributed by atoms with Crippen LogP contribution in [0.3, 0.4) is 0 Å². The lowest BCUT2D eigenvalue weighted by Gasteiger charge is -2.15. The maximum absolute atomic E-state index is 12.5. The minimum Gasteiger partial charge on any atom is -0.444 e. The van der Waals surface area contributed by atoms with Gasteiger partial charge in [-0.1, -0.05) is 11.8 Å². The van der Waals surface area contributed by atoms with Crippen molar-refractivity contribution in [1.82, 2.24) is 19.5 Å². The van der Waals surface area contributed by atoms with E-state index < -0.39 is 15.6 Å². The smallest absolute Gasteiger partial charge is 0.277 e. The highest BCUT2D eigenvalue weighted by atomic mass is 32.2. The third kappa shape index (κ3) is 4.23. The van der Waals surface area contributed by atoms with Crippen LogP contribution in [-0.2, 0) is 14.8 Å². The zero-order chi connectivity index (χ0) is 22.2. The summed E-state index contributed by atoms with van der Waals surface area (Å²) in [5, 5.41) is 10.2. The van der Waals surface area contributed by atoms with E-state index >= 15 is 0 Å². The standard InChI is InChI=1S/C19H21N5O5S2/c1-11-16-12(2)29-19(17(16)18(26)23-22-11)21-14(25)10-30-15-6-5-13(9-20-15)31(27,28)24-7-3-4-8-24/h5-6,9H,3-4,7-8,10H2,1-2H3,(H,21,25)(H,23,26). The minimum atomic E-state index is -3.52. The van der Waals surface area contributed by atoms with Crippen LogP contribution in [0.15, 0.2) is 37.5 Å². The summed E-state index contributed by atoms with van der Waals surface area (Å²) in [7, 11) is -3.52. The van der Waals surface area contributed by atoms with Crippen LogP contribution in [0.1, 0.15) is 24.3 Å². The molecule has 3 aromatic rings. The van der Waals surface area contributed by atoms with Crippen molar-refractivity contribution in [3.8, 4) is 0 Å². The average Bonchev–Trinajstić information content (AvgIpc) is 3.39. The number of rotatable bonds is 6. The van der Waals surface area contributed by atoms with Crippen molar-refractivity contribution in [3.05, 3.63) is 40.1 Å². The third-order valence-electron chi connectivity index (χ3n) is 5.01. The van der Waals surface area contributed by atoms with E-state index in [1.54, 1.807) is 19.9 Å². The highest BCUT2D eigenvalue weighted by Gasteiger charge is 2.27. The van der Waals surface area contributed by atoms with Crippen molar-refractivity contribution in [1.29, 1.82) is 0 Å². The molecule has 0 unspecified atom stereocenters. The second kappa shape index (κ2) is 8.44. The fourth-order valence-electron chi connectivity index (χ4n) is 3.52. The zero-order valence-corrected chi connectivity index (χ0v) is 18.6. The minimum absolute atomic E-state index is 0.00837. The number of furan rings is 1. The molecule has 12 heteroatoms. The molecule has 31 heavy (non-hydrogen) atoms. The number of sulfonamides is 1. The quantitative estimate of drug-likeness (QED) is 0.530. The van der Waals surface area contributed by atoms with Gasteiger partial charge in [0.15, 0.2) is 0 Å². The lowest BCUT2D eigenvalue weighted by molar-refractivity contribution is -0.113. The molecule has 4 rings (SSSR count). The van der Waals surface area contributed by atoms with Crippen LogP contribution in [0.4, 0.5) is 5.88 Å². The van der Waals surface area contributed by atoms with Gasteiger partial charge in [0.2, 0.25) is 21.8 Å². The second-order valence-electron chi connectivity index (χ2n) is 7.16. The lowest BCUT2D eigenvalue weighted by Crippen LogP contribution is -2.27. The number of carbonyl (C=O) groups excluding carboxylic acids is 1. The van der Waals surface area contributed by atoms with E-state index in [-0.39, 0.29) is 27.8 Å². The molecule has 0 atom stereocenters. The van der Waals surface area contributed by atoms with Crippen LogP contribution in [-0.4, -0.2) is 52.7 Å². The Kier molecular flexibility index (Phi) is 5.86. The van der Waals surface area contributed by atoms with Gasteiger partial charge in [-0.15, -0.1) is 0 Å². The Labute approximate surface area is 182 Å². The molecule has 0 spiro atoms. The first-order valence-electron chi connectivity index (χ1n) is 9.64. The predicted molar refractivity (Wildman–Crippen MR) is 116 cm³/mol. The van der Waals surface area contributed by atoms with Gasteiger partial charge in [-0.25, -0.2) is 18.5 Å². The zero-order valence-electron chi connectivity index (χ0n) is 17.0. The van der Waals surface area contributed by atoms with E-state index in [2.05, 4.69) is 20.5 Å². The SMILES string of the molecule is Cc1n[nH]c(=O)c2c(NC(=O)CSc3ccc(S(=O)(=O)N4CCCC4)cn3)oc(C)c12. The monoisotopic (exact) mass is 463 g/mol. The van der Waals surface area contributed by atoms with Gasteiger partial charge >= 0.3 is 0 Å². The molecular formula is C19H21N5O5S2. The number of nitrogens with zero attached hydrogens (tertiary/aromatic N) is 3. The number of anilines is 1. The van der Waals surface area contributed by atoms with Crippen LogP contribution in [0.5, 0.6) is 0 Å².